The second kappa shape index (κ2) is 7.44. The van der Waals surface area contributed by atoms with Crippen LogP contribution in [-0.2, 0) is 10.5 Å². The van der Waals surface area contributed by atoms with Gasteiger partial charge in [0.15, 0.2) is 0 Å². The molecule has 0 amide bonds. The first-order chi connectivity index (χ1) is 7.74. The maximum absolute atomic E-state index is 11.3. The zero-order valence-corrected chi connectivity index (χ0v) is 10.5. The van der Waals surface area contributed by atoms with Gasteiger partial charge in [0.25, 0.3) is 0 Å². The first-order valence-electron chi connectivity index (χ1n) is 5.28. The lowest BCUT2D eigenvalue weighted by Gasteiger charge is -2.14. The van der Waals surface area contributed by atoms with Gasteiger partial charge in [0.2, 0.25) is 0 Å². The number of nitrogens with one attached hydrogen (secondary N) is 2. The predicted octanol–water partition coefficient (Wildman–Crippen LogP) is 1.60. The molecule has 0 aliphatic carbocycles. The summed E-state index contributed by atoms with van der Waals surface area (Å²) in [6.07, 6.45) is 0. The van der Waals surface area contributed by atoms with Gasteiger partial charge in [-0.25, -0.2) is 5.43 Å². The number of carbonyl (C=O) groups excluding carboxylic acids is 1. The number of rotatable bonds is 7. The highest BCUT2D eigenvalue weighted by Crippen LogP contribution is 2.12. The number of benzene rings is 1. The fourth-order valence-corrected chi connectivity index (χ4v) is 2.40. The van der Waals surface area contributed by atoms with Crippen molar-refractivity contribution in [3.63, 3.8) is 0 Å². The van der Waals surface area contributed by atoms with Crippen LogP contribution in [0.4, 0.5) is 0 Å². The molecule has 0 bridgehead atoms. The number of hydrogen-bond donors (Lipinski definition) is 2. The summed E-state index contributed by atoms with van der Waals surface area (Å²) in [6.45, 7) is 1.61. The van der Waals surface area contributed by atoms with Crippen molar-refractivity contribution < 1.29 is 4.79 Å². The van der Waals surface area contributed by atoms with Crippen molar-refractivity contribution >= 4 is 17.5 Å². The van der Waals surface area contributed by atoms with Gasteiger partial charge in [0.05, 0.1) is 6.04 Å². The van der Waals surface area contributed by atoms with Gasteiger partial charge >= 0.3 is 0 Å². The van der Waals surface area contributed by atoms with Crippen LogP contribution in [0.3, 0.4) is 0 Å². The number of hydrogen-bond acceptors (Lipinski definition) is 4. The molecule has 4 heteroatoms. The highest BCUT2D eigenvalue weighted by Gasteiger charge is 2.12. The Balaban J connectivity index is 2.31. The number of Topliss-reactive ketones (excluding diaryl/α,β-unsaturated/α-hetero) is 1. The van der Waals surface area contributed by atoms with Crippen LogP contribution < -0.4 is 10.9 Å². The predicted molar refractivity (Wildman–Crippen MR) is 69.3 cm³/mol. The van der Waals surface area contributed by atoms with Crippen molar-refractivity contribution in [3.8, 4) is 0 Å². The number of ketones is 1. The molecule has 1 atom stereocenters. The Morgan fingerprint density at radius 1 is 1.38 bits per heavy atom. The third kappa shape index (κ3) is 4.79. The average molecular weight is 238 g/mol. The van der Waals surface area contributed by atoms with Crippen LogP contribution in [0, 0.1) is 0 Å². The molecule has 1 aromatic carbocycles. The second-order valence-electron chi connectivity index (χ2n) is 3.56. The van der Waals surface area contributed by atoms with Crippen molar-refractivity contribution in [2.75, 3.05) is 12.8 Å². The molecule has 1 aromatic rings. The number of carbonyl (C=O) groups is 1. The van der Waals surface area contributed by atoms with E-state index in [1.165, 1.54) is 5.56 Å². The van der Waals surface area contributed by atoms with Crippen molar-refractivity contribution in [2.24, 2.45) is 0 Å². The fraction of sp³-hybridized carbons (Fsp3) is 0.417. The van der Waals surface area contributed by atoms with Crippen molar-refractivity contribution in [2.45, 2.75) is 18.7 Å². The summed E-state index contributed by atoms with van der Waals surface area (Å²) in [6, 6.07) is 10.2. The summed E-state index contributed by atoms with van der Waals surface area (Å²) >= 11 is 1.76. The van der Waals surface area contributed by atoms with E-state index in [1.807, 2.05) is 18.2 Å². The van der Waals surface area contributed by atoms with Crippen LogP contribution in [0.1, 0.15) is 12.5 Å². The summed E-state index contributed by atoms with van der Waals surface area (Å²) in [4.78, 5) is 11.3. The monoisotopic (exact) mass is 238 g/mol. The van der Waals surface area contributed by atoms with Crippen LogP contribution >= 0.6 is 11.8 Å². The molecule has 3 nitrogen and oxygen atoms in total. The van der Waals surface area contributed by atoms with E-state index in [0.717, 1.165) is 11.5 Å². The molecule has 1 rings (SSSR count). The normalized spacial score (nSPS) is 12.4. The first kappa shape index (κ1) is 13.2. The summed E-state index contributed by atoms with van der Waals surface area (Å²) in [5.41, 5.74) is 7.05. The van der Waals surface area contributed by atoms with Crippen molar-refractivity contribution in [1.29, 1.82) is 0 Å². The number of hydrazine groups is 1. The maximum Gasteiger partial charge on any atom is 0.148 e. The molecule has 2 N–H and O–H groups in total. The maximum atomic E-state index is 11.3. The van der Waals surface area contributed by atoms with Gasteiger partial charge in [-0.15, -0.1) is 0 Å². The Morgan fingerprint density at radius 2 is 2.06 bits per heavy atom. The average Bonchev–Trinajstić information content (AvgIpc) is 2.29. The summed E-state index contributed by atoms with van der Waals surface area (Å²) in [5, 5.41) is 0. The SMILES string of the molecule is CNNC(CSCc1ccccc1)C(C)=O. The summed E-state index contributed by atoms with van der Waals surface area (Å²) < 4.78 is 0. The second-order valence-corrected chi connectivity index (χ2v) is 4.59. The van der Waals surface area contributed by atoms with Crippen molar-refractivity contribution in [3.05, 3.63) is 35.9 Å². The molecule has 0 spiro atoms. The molecule has 0 fully saturated rings. The van der Waals surface area contributed by atoms with E-state index in [9.17, 15) is 4.79 Å². The van der Waals surface area contributed by atoms with Crippen molar-refractivity contribution in [1.82, 2.24) is 10.9 Å². The van der Waals surface area contributed by atoms with Crippen LogP contribution in [-0.4, -0.2) is 24.6 Å². The molecular formula is C12H18N2OS. The standard InChI is InChI=1S/C12H18N2OS/c1-10(15)12(14-13-2)9-16-8-11-6-4-3-5-7-11/h3-7,12-14H,8-9H2,1-2H3. The van der Waals surface area contributed by atoms with Gasteiger partial charge in [0, 0.05) is 11.5 Å². The molecule has 0 aromatic heterocycles. The summed E-state index contributed by atoms with van der Waals surface area (Å²) in [7, 11) is 1.78. The molecule has 0 heterocycles. The van der Waals surface area contributed by atoms with Gasteiger partial charge in [0.1, 0.15) is 5.78 Å². The van der Waals surface area contributed by atoms with E-state index >= 15 is 0 Å². The molecule has 0 aliphatic heterocycles. The molecule has 0 saturated carbocycles. The number of thioether (sulfide) groups is 1. The zero-order chi connectivity index (χ0) is 11.8. The molecule has 0 aliphatic rings. The van der Waals surface area contributed by atoms with E-state index in [4.69, 9.17) is 0 Å². The topological polar surface area (TPSA) is 41.1 Å². The Kier molecular flexibility index (Phi) is 6.15. The van der Waals surface area contributed by atoms with Gasteiger partial charge in [-0.3, -0.25) is 10.2 Å². The van der Waals surface area contributed by atoms with Gasteiger partial charge < -0.3 is 0 Å². The lowest BCUT2D eigenvalue weighted by molar-refractivity contribution is -0.118. The molecule has 88 valence electrons. The molecule has 16 heavy (non-hydrogen) atoms. The Hall–Kier alpha value is -0.840. The molecule has 1 unspecified atom stereocenters. The van der Waals surface area contributed by atoms with Gasteiger partial charge in [-0.1, -0.05) is 30.3 Å². The Labute approximate surface area is 101 Å². The van der Waals surface area contributed by atoms with Crippen LogP contribution in [0.25, 0.3) is 0 Å². The van der Waals surface area contributed by atoms with Gasteiger partial charge in [-0.2, -0.15) is 11.8 Å². The summed E-state index contributed by atoms with van der Waals surface area (Å²) in [5.74, 6) is 1.89. The lowest BCUT2D eigenvalue weighted by atomic mass is 10.2. The van der Waals surface area contributed by atoms with E-state index < -0.39 is 0 Å². The van der Waals surface area contributed by atoms with E-state index in [1.54, 1.807) is 25.7 Å². The highest BCUT2D eigenvalue weighted by atomic mass is 32.2. The first-order valence-corrected chi connectivity index (χ1v) is 6.44. The molecule has 0 radical (unpaired) electrons. The van der Waals surface area contributed by atoms with Crippen LogP contribution in [0.2, 0.25) is 0 Å². The molecular weight excluding hydrogens is 220 g/mol. The molecule has 0 saturated heterocycles. The van der Waals surface area contributed by atoms with Crippen LogP contribution in [0.5, 0.6) is 0 Å². The minimum absolute atomic E-state index is 0.112. The fourth-order valence-electron chi connectivity index (χ4n) is 1.30. The minimum atomic E-state index is -0.112. The van der Waals surface area contributed by atoms with Crippen LogP contribution in [0.15, 0.2) is 30.3 Å². The van der Waals surface area contributed by atoms with Gasteiger partial charge in [-0.05, 0) is 19.5 Å². The minimum Gasteiger partial charge on any atom is -0.298 e. The Morgan fingerprint density at radius 3 is 2.62 bits per heavy atom. The third-order valence-corrected chi connectivity index (χ3v) is 3.31. The highest BCUT2D eigenvalue weighted by molar-refractivity contribution is 7.98. The lowest BCUT2D eigenvalue weighted by Crippen LogP contribution is -2.44. The quantitative estimate of drug-likeness (QED) is 0.708. The van der Waals surface area contributed by atoms with E-state index in [2.05, 4.69) is 23.0 Å². The van der Waals surface area contributed by atoms with E-state index in [0.29, 0.717) is 0 Å². The third-order valence-electron chi connectivity index (χ3n) is 2.21. The largest absolute Gasteiger partial charge is 0.298 e. The smallest absolute Gasteiger partial charge is 0.148 e. The Bertz CT molecular complexity index is 316. The van der Waals surface area contributed by atoms with E-state index in [-0.39, 0.29) is 11.8 Å². The zero-order valence-electron chi connectivity index (χ0n) is 9.69.